The number of ether oxygens (including phenoxy) is 1. The highest BCUT2D eigenvalue weighted by Gasteiger charge is 2.28. The monoisotopic (exact) mass is 475 g/mol. The Morgan fingerprint density at radius 1 is 1.09 bits per heavy atom. The maximum absolute atomic E-state index is 12.6. The van der Waals surface area contributed by atoms with E-state index in [1.807, 2.05) is 24.3 Å². The molecule has 35 heavy (non-hydrogen) atoms. The van der Waals surface area contributed by atoms with Crippen LogP contribution in [0.3, 0.4) is 0 Å². The first-order valence-corrected chi connectivity index (χ1v) is 12.1. The molecule has 1 aromatic heterocycles. The minimum Gasteiger partial charge on any atom is -0.490 e. The number of hydrogen-bond acceptors (Lipinski definition) is 7. The molecule has 182 valence electrons. The van der Waals surface area contributed by atoms with E-state index in [4.69, 9.17) is 9.26 Å². The summed E-state index contributed by atoms with van der Waals surface area (Å²) < 4.78 is 11.4. The molecule has 3 heterocycles. The number of likely N-dealkylation sites (tertiary alicyclic amines) is 1. The molecule has 0 spiro atoms. The zero-order valence-corrected chi connectivity index (χ0v) is 19.8. The number of fused-ring (bicyclic) bond motifs is 1. The van der Waals surface area contributed by atoms with Crippen LogP contribution in [0.25, 0.3) is 11.4 Å². The van der Waals surface area contributed by atoms with Gasteiger partial charge in [-0.05, 0) is 50.1 Å². The third-order valence-electron chi connectivity index (χ3n) is 6.63. The van der Waals surface area contributed by atoms with Crippen LogP contribution in [-0.2, 0) is 4.79 Å². The summed E-state index contributed by atoms with van der Waals surface area (Å²) in [4.78, 5) is 33.5. The quantitative estimate of drug-likeness (QED) is 0.585. The molecule has 2 aliphatic rings. The normalized spacial score (nSPS) is 15.9. The highest BCUT2D eigenvalue weighted by Crippen LogP contribution is 2.35. The Morgan fingerprint density at radius 2 is 1.89 bits per heavy atom. The Balaban J connectivity index is 1.15. The van der Waals surface area contributed by atoms with Gasteiger partial charge in [-0.3, -0.25) is 9.59 Å². The van der Waals surface area contributed by atoms with Crippen LogP contribution in [0.15, 0.2) is 53.1 Å². The molecular formula is C26H29N5O4. The van der Waals surface area contributed by atoms with Crippen molar-refractivity contribution < 1.29 is 18.8 Å². The minimum atomic E-state index is -0.248. The molecule has 3 aromatic rings. The summed E-state index contributed by atoms with van der Waals surface area (Å²) in [6.07, 6.45) is 1.47. The van der Waals surface area contributed by atoms with Gasteiger partial charge in [-0.1, -0.05) is 23.4 Å². The average molecular weight is 476 g/mol. The van der Waals surface area contributed by atoms with Crippen LogP contribution in [0.4, 0.5) is 5.69 Å². The summed E-state index contributed by atoms with van der Waals surface area (Å²) in [6.45, 7) is 5.77. The molecule has 1 saturated heterocycles. The molecule has 1 N–H and O–H groups in total. The Labute approximate surface area is 204 Å². The van der Waals surface area contributed by atoms with Crippen molar-refractivity contribution in [1.29, 1.82) is 0 Å². The number of benzene rings is 2. The summed E-state index contributed by atoms with van der Waals surface area (Å²) in [5, 5.41) is 6.90. The van der Waals surface area contributed by atoms with Gasteiger partial charge < -0.3 is 24.4 Å². The van der Waals surface area contributed by atoms with Crippen molar-refractivity contribution in [2.75, 3.05) is 44.2 Å². The van der Waals surface area contributed by atoms with Crippen LogP contribution >= 0.6 is 0 Å². The van der Waals surface area contributed by atoms with Crippen molar-refractivity contribution in [2.24, 2.45) is 0 Å². The molecule has 2 amide bonds. The fourth-order valence-electron chi connectivity index (χ4n) is 4.60. The van der Waals surface area contributed by atoms with Crippen LogP contribution in [0.1, 0.15) is 41.9 Å². The molecule has 2 aromatic carbocycles. The van der Waals surface area contributed by atoms with Crippen LogP contribution in [-0.4, -0.2) is 66.2 Å². The molecule has 9 heteroatoms. The summed E-state index contributed by atoms with van der Waals surface area (Å²) in [7, 11) is 0. The SMILES string of the molecule is CCN1CCOc2cc(-c3noc(C4CCN(C(=O)CNC(=O)c5ccccc5)CC4)n3)ccc21. The molecule has 0 atom stereocenters. The number of carbonyl (C=O) groups excluding carboxylic acids is 2. The van der Waals surface area contributed by atoms with E-state index in [0.29, 0.717) is 37.0 Å². The van der Waals surface area contributed by atoms with Gasteiger partial charge in [-0.25, -0.2) is 0 Å². The Morgan fingerprint density at radius 3 is 2.66 bits per heavy atom. The topological polar surface area (TPSA) is 101 Å². The highest BCUT2D eigenvalue weighted by atomic mass is 16.5. The van der Waals surface area contributed by atoms with Crippen LogP contribution in [0.2, 0.25) is 0 Å². The second-order valence-electron chi connectivity index (χ2n) is 8.77. The van der Waals surface area contributed by atoms with E-state index in [2.05, 4.69) is 27.3 Å². The predicted octanol–water partition coefficient (Wildman–Crippen LogP) is 3.09. The van der Waals surface area contributed by atoms with Crippen molar-refractivity contribution in [3.63, 3.8) is 0 Å². The summed E-state index contributed by atoms with van der Waals surface area (Å²) in [6, 6.07) is 14.9. The van der Waals surface area contributed by atoms with Crippen molar-refractivity contribution >= 4 is 17.5 Å². The lowest BCUT2D eigenvalue weighted by Gasteiger charge is -2.30. The molecule has 0 unspecified atom stereocenters. The second-order valence-corrected chi connectivity index (χ2v) is 8.77. The third kappa shape index (κ3) is 4.99. The van der Waals surface area contributed by atoms with E-state index in [1.165, 1.54) is 0 Å². The molecule has 0 bridgehead atoms. The largest absolute Gasteiger partial charge is 0.490 e. The number of amides is 2. The Bertz CT molecular complexity index is 1190. The van der Waals surface area contributed by atoms with Crippen molar-refractivity contribution in [3.05, 3.63) is 60.0 Å². The van der Waals surface area contributed by atoms with Gasteiger partial charge in [0.15, 0.2) is 0 Å². The van der Waals surface area contributed by atoms with Crippen LogP contribution < -0.4 is 15.0 Å². The minimum absolute atomic E-state index is 0.0149. The second kappa shape index (κ2) is 10.2. The molecule has 0 radical (unpaired) electrons. The smallest absolute Gasteiger partial charge is 0.251 e. The molecule has 5 rings (SSSR count). The lowest BCUT2D eigenvalue weighted by molar-refractivity contribution is -0.131. The number of anilines is 1. The average Bonchev–Trinajstić information content (AvgIpc) is 3.42. The molecule has 0 aliphatic carbocycles. The van der Waals surface area contributed by atoms with Gasteiger partial charge in [-0.2, -0.15) is 4.98 Å². The van der Waals surface area contributed by atoms with Gasteiger partial charge in [0.1, 0.15) is 12.4 Å². The fourth-order valence-corrected chi connectivity index (χ4v) is 4.60. The zero-order chi connectivity index (χ0) is 24.2. The lowest BCUT2D eigenvalue weighted by Crippen LogP contribution is -2.43. The molecule has 2 aliphatic heterocycles. The third-order valence-corrected chi connectivity index (χ3v) is 6.63. The first kappa shape index (κ1) is 22.9. The van der Waals surface area contributed by atoms with Crippen molar-refractivity contribution in [3.8, 4) is 17.1 Å². The van der Waals surface area contributed by atoms with Gasteiger partial charge in [0.2, 0.25) is 17.6 Å². The summed E-state index contributed by atoms with van der Waals surface area (Å²) in [5.74, 6) is 1.74. The number of nitrogens with one attached hydrogen (secondary N) is 1. The number of rotatable bonds is 6. The van der Waals surface area contributed by atoms with Crippen molar-refractivity contribution in [2.45, 2.75) is 25.7 Å². The Kier molecular flexibility index (Phi) is 6.65. The Hall–Kier alpha value is -3.88. The predicted molar refractivity (Wildman–Crippen MR) is 130 cm³/mol. The maximum atomic E-state index is 12.6. The molecular weight excluding hydrogens is 446 g/mol. The maximum Gasteiger partial charge on any atom is 0.251 e. The fraction of sp³-hybridized carbons (Fsp3) is 0.385. The van der Waals surface area contributed by atoms with E-state index in [1.54, 1.807) is 29.2 Å². The van der Waals surface area contributed by atoms with E-state index < -0.39 is 0 Å². The lowest BCUT2D eigenvalue weighted by atomic mass is 9.96. The van der Waals surface area contributed by atoms with Gasteiger partial charge >= 0.3 is 0 Å². The van der Waals surface area contributed by atoms with E-state index in [-0.39, 0.29) is 24.3 Å². The molecule has 9 nitrogen and oxygen atoms in total. The van der Waals surface area contributed by atoms with Crippen LogP contribution in [0, 0.1) is 0 Å². The molecule has 1 fully saturated rings. The zero-order valence-electron chi connectivity index (χ0n) is 19.8. The van der Waals surface area contributed by atoms with Gasteiger partial charge in [0.05, 0.1) is 18.8 Å². The van der Waals surface area contributed by atoms with Gasteiger partial charge in [0, 0.05) is 36.7 Å². The number of carbonyl (C=O) groups is 2. The van der Waals surface area contributed by atoms with Crippen molar-refractivity contribution in [1.82, 2.24) is 20.4 Å². The standard InChI is InChI=1S/C26H29N5O4/c1-2-30-14-15-34-22-16-20(8-9-21(22)30)24-28-26(35-29-24)19-10-12-31(13-11-19)23(32)17-27-25(33)18-6-4-3-5-7-18/h3-9,16,19H,2,10-15,17H2,1H3,(H,27,33). The van der Waals surface area contributed by atoms with E-state index in [0.717, 1.165) is 42.9 Å². The number of hydrogen-bond donors (Lipinski definition) is 1. The highest BCUT2D eigenvalue weighted by molar-refractivity contribution is 5.96. The summed E-state index contributed by atoms with van der Waals surface area (Å²) in [5.41, 5.74) is 2.49. The molecule has 0 saturated carbocycles. The summed E-state index contributed by atoms with van der Waals surface area (Å²) >= 11 is 0. The van der Waals surface area contributed by atoms with E-state index in [9.17, 15) is 9.59 Å². The van der Waals surface area contributed by atoms with Gasteiger partial charge in [0.25, 0.3) is 5.91 Å². The first-order chi connectivity index (χ1) is 17.1. The number of piperidine rings is 1. The number of aromatic nitrogens is 2. The van der Waals surface area contributed by atoms with Crippen LogP contribution in [0.5, 0.6) is 5.75 Å². The van der Waals surface area contributed by atoms with E-state index >= 15 is 0 Å². The number of nitrogens with zero attached hydrogens (tertiary/aromatic N) is 4. The number of likely N-dealkylation sites (N-methyl/N-ethyl adjacent to an activating group) is 1. The first-order valence-electron chi connectivity index (χ1n) is 12.1. The van der Waals surface area contributed by atoms with Gasteiger partial charge in [-0.15, -0.1) is 0 Å².